The van der Waals surface area contributed by atoms with Crippen LogP contribution in [0.4, 0.5) is 5.13 Å². The smallest absolute Gasteiger partial charge is 0.261 e. The topological polar surface area (TPSA) is 57.3 Å². The summed E-state index contributed by atoms with van der Waals surface area (Å²) >= 11 is 3.17. The lowest BCUT2D eigenvalue weighted by molar-refractivity contribution is 0.0930. The van der Waals surface area contributed by atoms with Crippen LogP contribution in [0.5, 0.6) is 0 Å². The van der Waals surface area contributed by atoms with E-state index in [1.165, 1.54) is 11.3 Å². The molecule has 2 unspecified atom stereocenters. The number of thiazole rings is 1. The van der Waals surface area contributed by atoms with E-state index in [1.54, 1.807) is 11.3 Å². The van der Waals surface area contributed by atoms with Gasteiger partial charge >= 0.3 is 0 Å². The number of rotatable bonds is 5. The highest BCUT2D eigenvalue weighted by Gasteiger charge is 2.22. The number of anilines is 1. The molecule has 1 amide bonds. The molecule has 3 heterocycles. The summed E-state index contributed by atoms with van der Waals surface area (Å²) in [6, 6.07) is 2.74. The molecule has 0 saturated carbocycles. The minimum Gasteiger partial charge on any atom is -0.349 e. The number of fused-ring (bicyclic) bond motifs is 1. The standard InChI is InChI=1S/C16H24N4OS2.2ClH/c1-4-20(5-2)16-19-15-13(23-16)9-12(22-15)14(21)18-11-6-7-17-10(3)8-11;;/h9-11,17H,4-8H2,1-3H3,(H,18,21);2*1H. The Morgan fingerprint density at radius 3 is 2.68 bits per heavy atom. The van der Waals surface area contributed by atoms with Gasteiger partial charge in [0.1, 0.15) is 4.83 Å². The molecule has 9 heteroatoms. The quantitative estimate of drug-likeness (QED) is 0.763. The predicted octanol–water partition coefficient (Wildman–Crippen LogP) is 3.92. The zero-order valence-electron chi connectivity index (χ0n) is 14.7. The summed E-state index contributed by atoms with van der Waals surface area (Å²) in [7, 11) is 0. The van der Waals surface area contributed by atoms with E-state index in [9.17, 15) is 4.79 Å². The van der Waals surface area contributed by atoms with Crippen LogP contribution in [-0.4, -0.2) is 42.6 Å². The number of amides is 1. The highest BCUT2D eigenvalue weighted by atomic mass is 35.5. The molecule has 5 nitrogen and oxygen atoms in total. The number of halogens is 2. The number of hydrogen-bond donors (Lipinski definition) is 2. The molecule has 1 fully saturated rings. The molecule has 2 atom stereocenters. The zero-order chi connectivity index (χ0) is 16.4. The molecule has 1 saturated heterocycles. The Morgan fingerprint density at radius 1 is 1.36 bits per heavy atom. The molecule has 1 aliphatic rings. The number of nitrogens with zero attached hydrogens (tertiary/aromatic N) is 2. The van der Waals surface area contributed by atoms with E-state index in [2.05, 4.69) is 41.3 Å². The molecule has 0 radical (unpaired) electrons. The average molecular weight is 425 g/mol. The molecule has 2 aromatic heterocycles. The molecule has 0 bridgehead atoms. The molecule has 0 aromatic carbocycles. The van der Waals surface area contributed by atoms with Crippen LogP contribution in [0.2, 0.25) is 0 Å². The number of piperidine rings is 1. The summed E-state index contributed by atoms with van der Waals surface area (Å²) in [5, 5.41) is 7.63. The van der Waals surface area contributed by atoms with Crippen molar-refractivity contribution in [1.82, 2.24) is 15.6 Å². The Hall–Kier alpha value is -0.600. The minimum atomic E-state index is 0. The average Bonchev–Trinajstić information content (AvgIpc) is 3.07. The third-order valence-corrected chi connectivity index (χ3v) is 6.51. The van der Waals surface area contributed by atoms with Gasteiger partial charge in [-0.05, 0) is 46.2 Å². The second kappa shape index (κ2) is 9.92. The Morgan fingerprint density at radius 2 is 2.08 bits per heavy atom. The second-order valence-corrected chi connectivity index (χ2v) is 8.04. The first kappa shape index (κ1) is 22.4. The van der Waals surface area contributed by atoms with Gasteiger partial charge in [0.2, 0.25) is 0 Å². The first-order chi connectivity index (χ1) is 11.1. The van der Waals surface area contributed by atoms with Crippen LogP contribution in [0, 0.1) is 0 Å². The molecule has 3 rings (SSSR count). The molecule has 1 aliphatic heterocycles. The van der Waals surface area contributed by atoms with Gasteiger partial charge in [-0.2, -0.15) is 0 Å². The van der Waals surface area contributed by atoms with Crippen LogP contribution in [-0.2, 0) is 0 Å². The van der Waals surface area contributed by atoms with E-state index in [-0.39, 0.29) is 36.8 Å². The van der Waals surface area contributed by atoms with Gasteiger partial charge in [-0.15, -0.1) is 36.2 Å². The van der Waals surface area contributed by atoms with Gasteiger partial charge < -0.3 is 15.5 Å². The third kappa shape index (κ3) is 5.20. The van der Waals surface area contributed by atoms with Crippen molar-refractivity contribution in [3.05, 3.63) is 10.9 Å². The molecular formula is C16H26Cl2N4OS2. The Kier molecular flexibility index (Phi) is 8.91. The van der Waals surface area contributed by atoms with Gasteiger partial charge in [0, 0.05) is 25.2 Å². The Balaban J connectivity index is 0.00000156. The van der Waals surface area contributed by atoms with Crippen LogP contribution < -0.4 is 15.5 Å². The molecule has 142 valence electrons. The van der Waals surface area contributed by atoms with Crippen molar-refractivity contribution >= 4 is 68.1 Å². The van der Waals surface area contributed by atoms with Crippen molar-refractivity contribution in [2.24, 2.45) is 0 Å². The van der Waals surface area contributed by atoms with E-state index >= 15 is 0 Å². The van der Waals surface area contributed by atoms with Gasteiger partial charge in [-0.25, -0.2) is 4.98 Å². The molecule has 2 aromatic rings. The number of carbonyl (C=O) groups excluding carboxylic acids is 1. The summed E-state index contributed by atoms with van der Waals surface area (Å²) in [6.07, 6.45) is 2.00. The summed E-state index contributed by atoms with van der Waals surface area (Å²) in [5.41, 5.74) is 0. The van der Waals surface area contributed by atoms with E-state index in [0.29, 0.717) is 6.04 Å². The van der Waals surface area contributed by atoms with Gasteiger partial charge in [0.15, 0.2) is 5.13 Å². The fourth-order valence-electron chi connectivity index (χ4n) is 2.98. The number of thiophene rings is 1. The molecule has 25 heavy (non-hydrogen) atoms. The monoisotopic (exact) mass is 424 g/mol. The fraction of sp³-hybridized carbons (Fsp3) is 0.625. The van der Waals surface area contributed by atoms with E-state index in [1.807, 2.05) is 6.07 Å². The highest BCUT2D eigenvalue weighted by Crippen LogP contribution is 2.34. The lowest BCUT2D eigenvalue weighted by atomic mass is 10.0. The number of carbonyl (C=O) groups is 1. The third-order valence-electron chi connectivity index (χ3n) is 4.29. The summed E-state index contributed by atoms with van der Waals surface area (Å²) in [6.45, 7) is 9.32. The van der Waals surface area contributed by atoms with Crippen molar-refractivity contribution in [1.29, 1.82) is 0 Å². The van der Waals surface area contributed by atoms with Crippen molar-refractivity contribution < 1.29 is 4.79 Å². The molecule has 2 N–H and O–H groups in total. The first-order valence-corrected chi connectivity index (χ1v) is 9.93. The minimum absolute atomic E-state index is 0. The van der Waals surface area contributed by atoms with Crippen LogP contribution in [0.25, 0.3) is 9.53 Å². The van der Waals surface area contributed by atoms with Crippen molar-refractivity contribution in [2.45, 2.75) is 45.7 Å². The molecule has 0 aliphatic carbocycles. The lowest BCUT2D eigenvalue weighted by Gasteiger charge is -2.28. The maximum absolute atomic E-state index is 12.5. The maximum atomic E-state index is 12.5. The van der Waals surface area contributed by atoms with Crippen LogP contribution >= 0.6 is 47.5 Å². The van der Waals surface area contributed by atoms with Gasteiger partial charge in [0.25, 0.3) is 5.91 Å². The number of nitrogens with one attached hydrogen (secondary N) is 2. The number of aromatic nitrogens is 1. The lowest BCUT2D eigenvalue weighted by Crippen LogP contribution is -2.46. The highest BCUT2D eigenvalue weighted by molar-refractivity contribution is 7.29. The van der Waals surface area contributed by atoms with E-state index in [0.717, 1.165) is 52.0 Å². The fourth-order valence-corrected chi connectivity index (χ4v) is 5.23. The number of hydrogen-bond acceptors (Lipinski definition) is 6. The Labute approximate surface area is 169 Å². The molecule has 0 spiro atoms. The van der Waals surface area contributed by atoms with E-state index < -0.39 is 0 Å². The van der Waals surface area contributed by atoms with Crippen LogP contribution in [0.15, 0.2) is 6.07 Å². The van der Waals surface area contributed by atoms with E-state index in [4.69, 9.17) is 0 Å². The summed E-state index contributed by atoms with van der Waals surface area (Å²) in [4.78, 5) is 21.1. The first-order valence-electron chi connectivity index (χ1n) is 8.30. The van der Waals surface area contributed by atoms with Gasteiger partial charge in [0.05, 0.1) is 9.58 Å². The predicted molar refractivity (Wildman–Crippen MR) is 114 cm³/mol. The van der Waals surface area contributed by atoms with Crippen molar-refractivity contribution in [2.75, 3.05) is 24.5 Å². The van der Waals surface area contributed by atoms with Crippen molar-refractivity contribution in [3.8, 4) is 0 Å². The second-order valence-electron chi connectivity index (χ2n) is 6.00. The van der Waals surface area contributed by atoms with Crippen LogP contribution in [0.3, 0.4) is 0 Å². The maximum Gasteiger partial charge on any atom is 0.261 e. The van der Waals surface area contributed by atoms with Crippen molar-refractivity contribution in [3.63, 3.8) is 0 Å². The largest absolute Gasteiger partial charge is 0.349 e. The van der Waals surface area contributed by atoms with Gasteiger partial charge in [-0.1, -0.05) is 11.3 Å². The SMILES string of the molecule is CCN(CC)c1nc2sc(C(=O)NC3CCNC(C)C3)cc2s1.Cl.Cl. The zero-order valence-corrected chi connectivity index (χ0v) is 18.0. The summed E-state index contributed by atoms with van der Waals surface area (Å²) < 4.78 is 1.11. The van der Waals surface area contributed by atoms with Crippen LogP contribution in [0.1, 0.15) is 43.3 Å². The van der Waals surface area contributed by atoms with Gasteiger partial charge in [-0.3, -0.25) is 4.79 Å². The normalized spacial score (nSPS) is 19.8. The Bertz CT molecular complexity index is 655. The summed E-state index contributed by atoms with van der Waals surface area (Å²) in [5.74, 6) is 0.0451. The molecular weight excluding hydrogens is 399 g/mol.